The molecule has 0 aromatic heterocycles. The number of guanidine groups is 1. The van der Waals surface area contributed by atoms with Gasteiger partial charge < -0.3 is 5.32 Å². The average molecular weight is 383 g/mol. The highest BCUT2D eigenvalue weighted by Gasteiger charge is 2.08. The lowest BCUT2D eigenvalue weighted by Crippen LogP contribution is -2.20. The predicted octanol–water partition coefficient (Wildman–Crippen LogP) is 4.89. The maximum atomic E-state index is 4.74. The summed E-state index contributed by atoms with van der Waals surface area (Å²) in [6.07, 6.45) is 4.17. The van der Waals surface area contributed by atoms with Crippen LogP contribution in [0, 0.1) is 0 Å². The molecule has 0 fully saturated rings. The van der Waals surface area contributed by atoms with Gasteiger partial charge in [0, 0.05) is 18.3 Å². The van der Waals surface area contributed by atoms with Gasteiger partial charge in [-0.25, -0.2) is 4.99 Å². The molecule has 0 saturated carbocycles. The Balaban J connectivity index is 2.19. The summed E-state index contributed by atoms with van der Waals surface area (Å²) in [5.74, 6) is 1.67. The first kappa shape index (κ1) is 20.1. The summed E-state index contributed by atoms with van der Waals surface area (Å²) >= 11 is 0. The van der Waals surface area contributed by atoms with E-state index < -0.39 is 0 Å². The molecule has 5 nitrogen and oxygen atoms in total. The second kappa shape index (κ2) is 9.55. The Bertz CT molecular complexity index is 1040. The molecule has 0 spiro atoms. The molecule has 29 heavy (non-hydrogen) atoms. The highest BCUT2D eigenvalue weighted by molar-refractivity contribution is 6.15. The normalized spacial score (nSPS) is 25.9. The van der Waals surface area contributed by atoms with Gasteiger partial charge in [0.15, 0.2) is 0 Å². The van der Waals surface area contributed by atoms with Crippen molar-refractivity contribution in [2.24, 2.45) is 20.0 Å². The number of hydrogen-bond acceptors (Lipinski definition) is 3. The number of aliphatic imine (C=N–C) groups is 4. The molecule has 0 atom stereocenters. The van der Waals surface area contributed by atoms with Gasteiger partial charge in [-0.1, -0.05) is 60.7 Å². The van der Waals surface area contributed by atoms with E-state index in [0.29, 0.717) is 17.6 Å². The van der Waals surface area contributed by atoms with Gasteiger partial charge in [-0.05, 0) is 44.1 Å². The van der Waals surface area contributed by atoms with Gasteiger partial charge in [-0.3, -0.25) is 4.99 Å². The summed E-state index contributed by atoms with van der Waals surface area (Å²) in [5.41, 5.74) is 4.94. The number of nitrogens with zero attached hydrogens (tertiary/aromatic N) is 4. The van der Waals surface area contributed by atoms with E-state index >= 15 is 0 Å². The fourth-order valence-corrected chi connectivity index (χ4v) is 2.93. The summed E-state index contributed by atoms with van der Waals surface area (Å²) in [7, 11) is 1.68. The van der Waals surface area contributed by atoms with Gasteiger partial charge in [0.1, 0.15) is 11.7 Å². The van der Waals surface area contributed by atoms with Crippen LogP contribution in [0.2, 0.25) is 0 Å². The Labute approximate surface area is 172 Å². The Morgan fingerprint density at radius 1 is 0.724 bits per heavy atom. The van der Waals surface area contributed by atoms with Crippen LogP contribution in [0.3, 0.4) is 0 Å². The van der Waals surface area contributed by atoms with E-state index in [4.69, 9.17) is 4.99 Å². The molecule has 1 aliphatic rings. The monoisotopic (exact) mass is 383 g/mol. The summed E-state index contributed by atoms with van der Waals surface area (Å²) in [6.45, 7) is 5.82. The first-order valence-corrected chi connectivity index (χ1v) is 9.49. The van der Waals surface area contributed by atoms with Gasteiger partial charge in [0.2, 0.25) is 5.96 Å². The van der Waals surface area contributed by atoms with E-state index in [9.17, 15) is 0 Å². The highest BCUT2D eigenvalue weighted by Crippen LogP contribution is 2.16. The molecule has 2 aromatic rings. The smallest absolute Gasteiger partial charge is 0.247 e. The lowest BCUT2D eigenvalue weighted by atomic mass is 10.0. The average Bonchev–Trinajstić information content (AvgIpc) is 2.72. The Kier molecular flexibility index (Phi) is 6.63. The molecule has 146 valence electrons. The second-order valence-corrected chi connectivity index (χ2v) is 6.68. The molecule has 2 aromatic carbocycles. The summed E-state index contributed by atoms with van der Waals surface area (Å²) in [5, 5.41) is 3.40. The predicted molar refractivity (Wildman–Crippen MR) is 124 cm³/mol. The van der Waals surface area contributed by atoms with E-state index in [1.54, 1.807) is 7.05 Å². The molecule has 3 rings (SSSR count). The molecule has 0 radical (unpaired) electrons. The van der Waals surface area contributed by atoms with Crippen molar-refractivity contribution in [1.29, 1.82) is 0 Å². The van der Waals surface area contributed by atoms with E-state index in [1.807, 2.05) is 62.4 Å². The topological polar surface area (TPSA) is 61.5 Å². The standard InChI is InChI=1S/C24H25N5/c1-17-15-22(20-11-7-5-8-12-20)26-18(2)28-24(25-4)29-19(3)27-23(16-17)21-13-9-6-10-14-21/h5-16H,1-4H3,(H,25,26,27,28,29). The van der Waals surface area contributed by atoms with Crippen LogP contribution < -0.4 is 5.32 Å². The van der Waals surface area contributed by atoms with Crippen LogP contribution in [0.1, 0.15) is 31.9 Å². The zero-order valence-electron chi connectivity index (χ0n) is 17.2. The minimum Gasteiger partial charge on any atom is -0.343 e. The Hall–Kier alpha value is -3.60. The van der Waals surface area contributed by atoms with E-state index in [-0.39, 0.29) is 0 Å². The van der Waals surface area contributed by atoms with Crippen molar-refractivity contribution in [2.45, 2.75) is 20.8 Å². The molecular formula is C24H25N5. The zero-order chi connectivity index (χ0) is 20.6. The number of benzene rings is 2. The SMILES string of the molecule is CN=C1/N=C(C)/N=C(c2ccccc2)\C=C(C)\C=C(\c2ccccc2)N/C(C)=N/1. The minimum absolute atomic E-state index is 0.373. The van der Waals surface area contributed by atoms with Crippen molar-refractivity contribution < 1.29 is 0 Å². The van der Waals surface area contributed by atoms with Crippen LogP contribution in [-0.4, -0.2) is 30.4 Å². The molecule has 5 heteroatoms. The minimum atomic E-state index is 0.373. The van der Waals surface area contributed by atoms with Gasteiger partial charge in [-0.2, -0.15) is 9.98 Å². The Morgan fingerprint density at radius 3 is 1.97 bits per heavy atom. The summed E-state index contributed by atoms with van der Waals surface area (Å²) in [4.78, 5) is 17.9. The Morgan fingerprint density at radius 2 is 1.34 bits per heavy atom. The fourth-order valence-electron chi connectivity index (χ4n) is 2.93. The lowest BCUT2D eigenvalue weighted by Gasteiger charge is -2.13. The van der Waals surface area contributed by atoms with Gasteiger partial charge >= 0.3 is 0 Å². The van der Waals surface area contributed by atoms with Crippen LogP contribution in [-0.2, 0) is 0 Å². The van der Waals surface area contributed by atoms with Crippen LogP contribution >= 0.6 is 0 Å². The maximum Gasteiger partial charge on any atom is 0.247 e. The van der Waals surface area contributed by atoms with Gasteiger partial charge in [-0.15, -0.1) is 0 Å². The number of allylic oxidation sites excluding steroid dienone is 3. The molecule has 1 aliphatic heterocycles. The lowest BCUT2D eigenvalue weighted by molar-refractivity contribution is 1.23. The van der Waals surface area contributed by atoms with Crippen LogP contribution in [0.5, 0.6) is 0 Å². The van der Waals surface area contributed by atoms with Gasteiger partial charge in [0.25, 0.3) is 0 Å². The molecule has 0 amide bonds. The molecule has 0 bridgehead atoms. The van der Waals surface area contributed by atoms with Crippen molar-refractivity contribution in [1.82, 2.24) is 5.32 Å². The number of hydrogen-bond donors (Lipinski definition) is 1. The highest BCUT2D eigenvalue weighted by atomic mass is 15.1. The van der Waals surface area contributed by atoms with E-state index in [0.717, 1.165) is 28.1 Å². The zero-order valence-corrected chi connectivity index (χ0v) is 17.2. The molecule has 0 aliphatic carbocycles. The first-order valence-electron chi connectivity index (χ1n) is 9.49. The maximum absolute atomic E-state index is 4.74. The van der Waals surface area contributed by atoms with Crippen LogP contribution in [0.25, 0.3) is 5.70 Å². The third-order valence-electron chi connectivity index (χ3n) is 4.22. The first-order chi connectivity index (χ1) is 14.0. The quantitative estimate of drug-likeness (QED) is 0.789. The van der Waals surface area contributed by atoms with Crippen molar-refractivity contribution in [2.75, 3.05) is 7.05 Å². The summed E-state index contributed by atoms with van der Waals surface area (Å²) in [6, 6.07) is 20.2. The third-order valence-corrected chi connectivity index (χ3v) is 4.22. The van der Waals surface area contributed by atoms with Crippen molar-refractivity contribution in [3.8, 4) is 0 Å². The third kappa shape index (κ3) is 5.69. The fraction of sp³-hybridized carbons (Fsp3) is 0.167. The molecule has 1 N–H and O–H groups in total. The number of nitrogens with one attached hydrogen (secondary N) is 1. The van der Waals surface area contributed by atoms with Gasteiger partial charge in [0.05, 0.1) is 5.71 Å². The van der Waals surface area contributed by atoms with Crippen molar-refractivity contribution >= 4 is 29.0 Å². The second-order valence-electron chi connectivity index (χ2n) is 6.68. The summed E-state index contributed by atoms with van der Waals surface area (Å²) < 4.78 is 0. The van der Waals surface area contributed by atoms with Crippen LogP contribution in [0.15, 0.2) is 98.4 Å². The van der Waals surface area contributed by atoms with Crippen molar-refractivity contribution in [3.63, 3.8) is 0 Å². The molecule has 0 unspecified atom stereocenters. The van der Waals surface area contributed by atoms with E-state index in [1.165, 1.54) is 0 Å². The number of rotatable bonds is 2. The van der Waals surface area contributed by atoms with E-state index in [2.05, 4.69) is 51.5 Å². The van der Waals surface area contributed by atoms with Crippen LogP contribution in [0.4, 0.5) is 0 Å². The van der Waals surface area contributed by atoms with Crippen molar-refractivity contribution in [3.05, 3.63) is 89.5 Å². The molecule has 0 saturated heterocycles. The molecule has 1 heterocycles. The number of amidine groups is 2. The molecular weight excluding hydrogens is 358 g/mol. The largest absolute Gasteiger partial charge is 0.343 e.